The van der Waals surface area contributed by atoms with Crippen molar-refractivity contribution in [2.75, 3.05) is 0 Å². The Labute approximate surface area is 110 Å². The quantitative estimate of drug-likeness (QED) is 0.492. The monoisotopic (exact) mass is 292 g/mol. The van der Waals surface area contributed by atoms with Crippen LogP contribution in [0.25, 0.3) is 5.65 Å². The van der Waals surface area contributed by atoms with Gasteiger partial charge in [-0.05, 0) is 18.0 Å². The molecule has 6 nitrogen and oxygen atoms in total. The van der Waals surface area contributed by atoms with Gasteiger partial charge in [-0.3, -0.25) is 0 Å². The molecule has 0 spiro atoms. The Kier molecular flexibility index (Phi) is 4.80. The van der Waals surface area contributed by atoms with Crippen molar-refractivity contribution < 1.29 is 33.3 Å². The fourth-order valence-corrected chi connectivity index (χ4v) is 1.53. The molecule has 0 bridgehead atoms. The third-order valence-electron chi connectivity index (χ3n) is 2.12. The number of aryl methyl sites for hydroxylation is 2. The standard InChI is InChI=1S/C10H10ClN2.ClHO4/c1-7-10(11)8(2)13-6-4-3-5-9(13)12-7;2-1(3,4)5/h3-6H,1-2H3;(H,2,3,4,5)/q+1;/p-1. The number of hydrogen-bond acceptors (Lipinski definition) is 5. The third kappa shape index (κ3) is 4.34. The van der Waals surface area contributed by atoms with E-state index in [0.717, 1.165) is 22.1 Å². The fourth-order valence-electron chi connectivity index (χ4n) is 1.40. The van der Waals surface area contributed by atoms with E-state index in [-0.39, 0.29) is 0 Å². The Bertz CT molecular complexity index is 551. The SMILES string of the molecule is Cc1nc2cccc[n+]2c(C)c1Cl.[O-][Cl+3]([O-])([O-])[O-]. The highest BCUT2D eigenvalue weighted by molar-refractivity contribution is 6.31. The average Bonchev–Trinajstić information content (AvgIpc) is 2.24. The van der Waals surface area contributed by atoms with E-state index in [2.05, 4.69) is 4.98 Å². The molecule has 18 heavy (non-hydrogen) atoms. The summed E-state index contributed by atoms with van der Waals surface area (Å²) >= 11 is 6.07. The zero-order chi connectivity index (χ0) is 13.9. The normalized spacial score (nSPS) is 11.1. The third-order valence-corrected chi connectivity index (χ3v) is 2.66. The van der Waals surface area contributed by atoms with Crippen molar-refractivity contribution in [3.05, 3.63) is 40.8 Å². The molecule has 98 valence electrons. The lowest BCUT2D eigenvalue weighted by Gasteiger charge is -2.17. The molecule has 2 aromatic rings. The van der Waals surface area contributed by atoms with Crippen molar-refractivity contribution in [3.8, 4) is 0 Å². The highest BCUT2D eigenvalue weighted by Crippen LogP contribution is 2.14. The summed E-state index contributed by atoms with van der Waals surface area (Å²) in [6.07, 6.45) is 1.96. The van der Waals surface area contributed by atoms with Crippen LogP contribution >= 0.6 is 11.6 Å². The Hall–Kier alpha value is -1.02. The number of rotatable bonds is 0. The molecule has 0 saturated heterocycles. The fraction of sp³-hybridized carbons (Fsp3) is 0.200. The van der Waals surface area contributed by atoms with Crippen LogP contribution in [0.4, 0.5) is 0 Å². The van der Waals surface area contributed by atoms with E-state index in [0.29, 0.717) is 0 Å². The number of nitrogens with zero attached hydrogens (tertiary/aromatic N) is 2. The van der Waals surface area contributed by atoms with E-state index in [9.17, 15) is 0 Å². The van der Waals surface area contributed by atoms with E-state index in [4.69, 9.17) is 30.2 Å². The summed E-state index contributed by atoms with van der Waals surface area (Å²) in [6.45, 7) is 3.91. The van der Waals surface area contributed by atoms with Gasteiger partial charge in [0.15, 0.2) is 5.69 Å². The van der Waals surface area contributed by atoms with Crippen LogP contribution in [-0.2, 0) is 0 Å². The van der Waals surface area contributed by atoms with Crippen molar-refractivity contribution in [1.82, 2.24) is 4.98 Å². The number of pyridine rings is 1. The Balaban J connectivity index is 0.000000280. The van der Waals surface area contributed by atoms with Gasteiger partial charge in [0.25, 0.3) is 0 Å². The summed E-state index contributed by atoms with van der Waals surface area (Å²) in [5.41, 5.74) is 2.84. The van der Waals surface area contributed by atoms with E-state index >= 15 is 0 Å². The number of halogens is 2. The molecule has 0 atom stereocenters. The largest absolute Gasteiger partial charge is 0.328 e. The second kappa shape index (κ2) is 5.75. The Morgan fingerprint density at radius 1 is 1.17 bits per heavy atom. The Morgan fingerprint density at radius 3 is 2.28 bits per heavy atom. The maximum absolute atomic E-state index is 8.49. The van der Waals surface area contributed by atoms with Gasteiger partial charge in [0, 0.05) is 13.0 Å². The molecule has 0 aliphatic carbocycles. The topological polar surface area (TPSA) is 109 Å². The van der Waals surface area contributed by atoms with Crippen molar-refractivity contribution in [3.63, 3.8) is 0 Å². The van der Waals surface area contributed by atoms with Crippen molar-refractivity contribution in [2.45, 2.75) is 13.8 Å². The second-order valence-corrected chi connectivity index (χ2v) is 4.54. The highest BCUT2D eigenvalue weighted by Gasteiger charge is 2.13. The maximum atomic E-state index is 8.49. The first-order chi connectivity index (χ1) is 8.20. The van der Waals surface area contributed by atoms with Crippen LogP contribution in [0.15, 0.2) is 24.4 Å². The van der Waals surface area contributed by atoms with Gasteiger partial charge in [-0.15, -0.1) is 10.2 Å². The lowest BCUT2D eigenvalue weighted by molar-refractivity contribution is -2.00. The van der Waals surface area contributed by atoms with E-state index in [1.54, 1.807) is 0 Å². The lowest BCUT2D eigenvalue weighted by Crippen LogP contribution is -2.68. The van der Waals surface area contributed by atoms with Crippen LogP contribution in [0.3, 0.4) is 0 Å². The molecule has 0 unspecified atom stereocenters. The number of aromatic nitrogens is 2. The summed E-state index contributed by atoms with van der Waals surface area (Å²) in [5, 5.41) is 0.740. The van der Waals surface area contributed by atoms with Gasteiger partial charge in [0.1, 0.15) is 10.7 Å². The molecular formula is C10H10Cl2N2O4. The van der Waals surface area contributed by atoms with Crippen molar-refractivity contribution in [2.24, 2.45) is 0 Å². The summed E-state index contributed by atoms with van der Waals surface area (Å²) in [7, 11) is -4.94. The summed E-state index contributed by atoms with van der Waals surface area (Å²) in [6, 6.07) is 5.90. The molecule has 2 heterocycles. The first-order valence-electron chi connectivity index (χ1n) is 4.75. The zero-order valence-corrected chi connectivity index (χ0v) is 11.1. The van der Waals surface area contributed by atoms with Crippen LogP contribution in [-0.4, -0.2) is 4.98 Å². The molecule has 0 N–H and O–H groups in total. The minimum absolute atomic E-state index is 0.740. The predicted octanol–water partition coefficient (Wildman–Crippen LogP) is -2.67. The van der Waals surface area contributed by atoms with Crippen LogP contribution in [0.2, 0.25) is 5.02 Å². The van der Waals surface area contributed by atoms with Gasteiger partial charge in [-0.2, -0.15) is 4.40 Å². The maximum Gasteiger partial charge on any atom is 0.328 e. The summed E-state index contributed by atoms with van der Waals surface area (Å²) in [4.78, 5) is 4.37. The van der Waals surface area contributed by atoms with Crippen LogP contribution < -0.4 is 23.0 Å². The smallest absolute Gasteiger partial charge is 0.222 e. The van der Waals surface area contributed by atoms with Crippen LogP contribution in [0.1, 0.15) is 11.4 Å². The predicted molar refractivity (Wildman–Crippen MR) is 51.9 cm³/mol. The minimum atomic E-state index is -4.94. The Morgan fingerprint density at radius 2 is 1.72 bits per heavy atom. The molecule has 0 aromatic carbocycles. The van der Waals surface area contributed by atoms with E-state index in [1.807, 2.05) is 42.6 Å². The zero-order valence-electron chi connectivity index (χ0n) is 9.59. The summed E-state index contributed by atoms with van der Waals surface area (Å²) in [5.74, 6) is 0. The molecule has 2 rings (SSSR count). The molecule has 8 heteroatoms. The molecule has 0 fully saturated rings. The molecule has 0 amide bonds. The van der Waals surface area contributed by atoms with Crippen LogP contribution in [0, 0.1) is 24.1 Å². The minimum Gasteiger partial charge on any atom is -0.222 e. The van der Waals surface area contributed by atoms with Gasteiger partial charge in [-0.1, -0.05) is 17.7 Å². The first-order valence-corrected chi connectivity index (χ1v) is 6.36. The second-order valence-electron chi connectivity index (χ2n) is 3.40. The van der Waals surface area contributed by atoms with Crippen LogP contribution in [0.5, 0.6) is 0 Å². The molecule has 0 radical (unpaired) electrons. The van der Waals surface area contributed by atoms with Gasteiger partial charge < -0.3 is 0 Å². The van der Waals surface area contributed by atoms with Crippen molar-refractivity contribution in [1.29, 1.82) is 0 Å². The average molecular weight is 293 g/mol. The molecule has 0 aliphatic rings. The number of fused-ring (bicyclic) bond motifs is 1. The number of hydrogen-bond donors (Lipinski definition) is 0. The van der Waals surface area contributed by atoms with Gasteiger partial charge >= 0.3 is 5.65 Å². The molecule has 0 saturated carbocycles. The first kappa shape index (κ1) is 15.0. The lowest BCUT2D eigenvalue weighted by atomic mass is 10.3. The molecule has 2 aromatic heterocycles. The highest BCUT2D eigenvalue weighted by atomic mass is 35.7. The summed E-state index contributed by atoms with van der Waals surface area (Å²) < 4.78 is 36.0. The van der Waals surface area contributed by atoms with Gasteiger partial charge in [-0.25, -0.2) is 18.6 Å². The van der Waals surface area contributed by atoms with E-state index in [1.165, 1.54) is 0 Å². The van der Waals surface area contributed by atoms with E-state index < -0.39 is 10.2 Å². The van der Waals surface area contributed by atoms with Gasteiger partial charge in [0.05, 0.1) is 6.20 Å². The molecular weight excluding hydrogens is 283 g/mol. The molecule has 0 aliphatic heterocycles. The van der Waals surface area contributed by atoms with Crippen molar-refractivity contribution >= 4 is 17.2 Å². The van der Waals surface area contributed by atoms with Gasteiger partial charge in [0.2, 0.25) is 0 Å².